The number of fused-ring (bicyclic) bond motifs is 1. The summed E-state index contributed by atoms with van der Waals surface area (Å²) < 4.78 is 0. The Morgan fingerprint density at radius 1 is 1.23 bits per heavy atom. The average Bonchev–Trinajstić information content (AvgIpc) is 2.62. The molecule has 0 radical (unpaired) electrons. The fourth-order valence-corrected chi connectivity index (χ4v) is 3.45. The number of rotatable bonds is 6. The number of aromatic nitrogens is 2. The van der Waals surface area contributed by atoms with Crippen molar-refractivity contribution in [2.24, 2.45) is 5.92 Å². The number of carbonyl (C=O) groups is 2. The second-order valence-corrected chi connectivity index (χ2v) is 6.81. The van der Waals surface area contributed by atoms with E-state index in [0.29, 0.717) is 49.1 Å². The Morgan fingerprint density at radius 2 is 1.96 bits per heavy atom. The molecular formula is C19H23N3O4. The molecule has 1 aliphatic rings. The topological polar surface area (TPSA) is 103 Å². The number of amides is 1. The van der Waals surface area contributed by atoms with Gasteiger partial charge in [0.05, 0.1) is 10.9 Å². The summed E-state index contributed by atoms with van der Waals surface area (Å²) in [4.78, 5) is 44.1. The molecule has 0 spiro atoms. The van der Waals surface area contributed by atoms with Crippen molar-refractivity contribution in [2.75, 3.05) is 13.1 Å². The summed E-state index contributed by atoms with van der Waals surface area (Å²) in [5, 5.41) is 9.41. The molecule has 2 heterocycles. The van der Waals surface area contributed by atoms with Crippen LogP contribution in [0, 0.1) is 5.92 Å². The normalized spacial score (nSPS) is 15.3. The molecule has 3 rings (SSSR count). The Bertz CT molecular complexity index is 853. The molecule has 2 N–H and O–H groups in total. The molecule has 1 amide bonds. The average molecular weight is 357 g/mol. The number of carboxylic acid groups (broad SMARTS) is 1. The number of H-pyrrole nitrogens is 1. The van der Waals surface area contributed by atoms with Crippen LogP contribution in [0.1, 0.15) is 37.9 Å². The molecule has 0 bridgehead atoms. The first-order chi connectivity index (χ1) is 12.5. The van der Waals surface area contributed by atoms with Gasteiger partial charge < -0.3 is 15.0 Å². The minimum absolute atomic E-state index is 0.0851. The highest BCUT2D eigenvalue weighted by Gasteiger charge is 2.23. The van der Waals surface area contributed by atoms with E-state index in [4.69, 9.17) is 5.11 Å². The standard InChI is InChI=1S/C19H23N3O4/c23-17(22-10-8-13(9-11-22)12-18(24)25)7-3-6-16-20-15-5-2-1-4-14(15)19(26)21-16/h1-2,4-5,13H,3,6-12H2,(H,24,25)(H,20,21,26). The second-order valence-electron chi connectivity index (χ2n) is 6.81. The monoisotopic (exact) mass is 357 g/mol. The molecule has 0 atom stereocenters. The van der Waals surface area contributed by atoms with E-state index >= 15 is 0 Å². The van der Waals surface area contributed by atoms with E-state index in [-0.39, 0.29) is 23.8 Å². The maximum atomic E-state index is 12.3. The van der Waals surface area contributed by atoms with Crippen molar-refractivity contribution in [3.8, 4) is 0 Å². The third-order valence-corrected chi connectivity index (χ3v) is 4.90. The van der Waals surface area contributed by atoms with Crippen LogP contribution in [-0.4, -0.2) is 44.9 Å². The number of hydrogen-bond acceptors (Lipinski definition) is 4. The molecule has 7 nitrogen and oxygen atoms in total. The molecule has 0 unspecified atom stereocenters. The Hall–Kier alpha value is -2.70. The van der Waals surface area contributed by atoms with Crippen LogP contribution < -0.4 is 5.56 Å². The Labute approximate surface area is 151 Å². The van der Waals surface area contributed by atoms with Gasteiger partial charge in [-0.25, -0.2) is 4.98 Å². The van der Waals surface area contributed by atoms with E-state index in [9.17, 15) is 14.4 Å². The lowest BCUT2D eigenvalue weighted by atomic mass is 9.93. The first-order valence-corrected chi connectivity index (χ1v) is 9.00. The van der Waals surface area contributed by atoms with Crippen molar-refractivity contribution in [2.45, 2.75) is 38.5 Å². The van der Waals surface area contributed by atoms with Gasteiger partial charge in [-0.2, -0.15) is 0 Å². The number of piperidine rings is 1. The molecule has 0 aliphatic carbocycles. The largest absolute Gasteiger partial charge is 0.481 e. The van der Waals surface area contributed by atoms with Gasteiger partial charge in [-0.15, -0.1) is 0 Å². The molecule has 2 aromatic rings. The van der Waals surface area contributed by atoms with Crippen molar-refractivity contribution < 1.29 is 14.7 Å². The molecule has 1 aliphatic heterocycles. The fraction of sp³-hybridized carbons (Fsp3) is 0.474. The van der Waals surface area contributed by atoms with Gasteiger partial charge >= 0.3 is 5.97 Å². The summed E-state index contributed by atoms with van der Waals surface area (Å²) in [6.45, 7) is 1.25. The van der Waals surface area contributed by atoms with E-state index in [1.807, 2.05) is 11.0 Å². The lowest BCUT2D eigenvalue weighted by molar-refractivity contribution is -0.138. The number of nitrogens with one attached hydrogen (secondary N) is 1. The van der Waals surface area contributed by atoms with Gasteiger partial charge in [0.25, 0.3) is 5.56 Å². The predicted molar refractivity (Wildman–Crippen MR) is 96.9 cm³/mol. The van der Waals surface area contributed by atoms with Crippen molar-refractivity contribution in [1.82, 2.24) is 14.9 Å². The highest BCUT2D eigenvalue weighted by atomic mass is 16.4. The van der Waals surface area contributed by atoms with Crippen molar-refractivity contribution in [3.63, 3.8) is 0 Å². The zero-order chi connectivity index (χ0) is 18.5. The maximum absolute atomic E-state index is 12.3. The van der Waals surface area contributed by atoms with Crippen LogP contribution in [0.2, 0.25) is 0 Å². The number of aryl methyl sites for hydroxylation is 1. The number of carbonyl (C=O) groups excluding carboxylic acids is 1. The van der Waals surface area contributed by atoms with Gasteiger partial charge in [-0.3, -0.25) is 14.4 Å². The lowest BCUT2D eigenvalue weighted by Crippen LogP contribution is -2.38. The highest BCUT2D eigenvalue weighted by molar-refractivity contribution is 5.77. The summed E-state index contributed by atoms with van der Waals surface area (Å²) in [6, 6.07) is 7.19. The Balaban J connectivity index is 1.48. The number of nitrogens with zero attached hydrogens (tertiary/aromatic N) is 2. The van der Waals surface area contributed by atoms with Crippen molar-refractivity contribution in [1.29, 1.82) is 0 Å². The zero-order valence-electron chi connectivity index (χ0n) is 14.6. The molecule has 1 aromatic heterocycles. The predicted octanol–water partition coefficient (Wildman–Crippen LogP) is 1.96. The van der Waals surface area contributed by atoms with Crippen LogP contribution in [-0.2, 0) is 16.0 Å². The quantitative estimate of drug-likeness (QED) is 0.822. The summed E-state index contributed by atoms with van der Waals surface area (Å²) >= 11 is 0. The number of hydrogen-bond donors (Lipinski definition) is 2. The molecule has 0 saturated carbocycles. The SMILES string of the molecule is O=C(O)CC1CCN(C(=O)CCCc2nc3ccccc3c(=O)[nH]2)CC1. The van der Waals surface area contributed by atoms with Gasteiger partial charge in [0.2, 0.25) is 5.91 Å². The summed E-state index contributed by atoms with van der Waals surface area (Å²) in [6.07, 6.45) is 3.24. The van der Waals surface area contributed by atoms with Gasteiger partial charge in [0.1, 0.15) is 5.82 Å². The Kier molecular flexibility index (Phi) is 5.65. The molecular weight excluding hydrogens is 334 g/mol. The third-order valence-electron chi connectivity index (χ3n) is 4.90. The number of benzene rings is 1. The van der Waals surface area contributed by atoms with Crippen LogP contribution in [0.25, 0.3) is 10.9 Å². The summed E-state index contributed by atoms with van der Waals surface area (Å²) in [5.41, 5.74) is 0.510. The summed E-state index contributed by atoms with van der Waals surface area (Å²) in [5.74, 6) is 0.0821. The van der Waals surface area contributed by atoms with Gasteiger partial charge in [0, 0.05) is 32.4 Å². The first-order valence-electron chi connectivity index (χ1n) is 9.00. The van der Waals surface area contributed by atoms with Gasteiger partial charge in [0.15, 0.2) is 0 Å². The molecule has 26 heavy (non-hydrogen) atoms. The summed E-state index contributed by atoms with van der Waals surface area (Å²) in [7, 11) is 0. The molecule has 1 aromatic carbocycles. The van der Waals surface area contributed by atoms with E-state index in [0.717, 1.165) is 12.8 Å². The number of aliphatic carboxylic acids is 1. The van der Waals surface area contributed by atoms with Crippen LogP contribution in [0.4, 0.5) is 0 Å². The lowest BCUT2D eigenvalue weighted by Gasteiger charge is -2.31. The van der Waals surface area contributed by atoms with Crippen LogP contribution in [0.3, 0.4) is 0 Å². The maximum Gasteiger partial charge on any atom is 0.303 e. The van der Waals surface area contributed by atoms with E-state index in [1.54, 1.807) is 18.2 Å². The zero-order valence-corrected chi connectivity index (χ0v) is 14.6. The molecule has 7 heteroatoms. The fourth-order valence-electron chi connectivity index (χ4n) is 3.45. The van der Waals surface area contributed by atoms with E-state index < -0.39 is 5.97 Å². The number of aromatic amines is 1. The smallest absolute Gasteiger partial charge is 0.303 e. The van der Waals surface area contributed by atoms with Crippen molar-refractivity contribution in [3.05, 3.63) is 40.4 Å². The minimum Gasteiger partial charge on any atom is -0.481 e. The third kappa shape index (κ3) is 4.47. The number of carboxylic acids is 1. The van der Waals surface area contributed by atoms with E-state index in [1.165, 1.54) is 0 Å². The molecule has 138 valence electrons. The van der Waals surface area contributed by atoms with Gasteiger partial charge in [-0.1, -0.05) is 12.1 Å². The van der Waals surface area contributed by atoms with Crippen molar-refractivity contribution >= 4 is 22.8 Å². The van der Waals surface area contributed by atoms with E-state index in [2.05, 4.69) is 9.97 Å². The van der Waals surface area contributed by atoms with Crippen LogP contribution >= 0.6 is 0 Å². The Morgan fingerprint density at radius 3 is 2.69 bits per heavy atom. The van der Waals surface area contributed by atoms with Gasteiger partial charge in [-0.05, 0) is 37.3 Å². The minimum atomic E-state index is -0.772. The number of para-hydroxylation sites is 1. The second kappa shape index (κ2) is 8.12. The first kappa shape index (κ1) is 18.1. The molecule has 1 saturated heterocycles. The van der Waals surface area contributed by atoms with Crippen LogP contribution in [0.15, 0.2) is 29.1 Å². The van der Waals surface area contributed by atoms with Crippen LogP contribution in [0.5, 0.6) is 0 Å². The molecule has 1 fully saturated rings. The highest BCUT2D eigenvalue weighted by Crippen LogP contribution is 2.21. The number of likely N-dealkylation sites (tertiary alicyclic amines) is 1.